The van der Waals surface area contributed by atoms with Gasteiger partial charge < -0.3 is 11.6 Å². The Morgan fingerprint density at radius 3 is 1.88 bits per heavy atom. The fourth-order valence-corrected chi connectivity index (χ4v) is 0. The second kappa shape index (κ2) is 7.72. The standard InChI is InChI=1S/C3H6O3.ClH.Na.H/c1-2(4)3(5)6;;;/h2,4H,1H3,(H,5,6);1H;;/q;;+1;-1. The number of carboxylic acids is 1. The normalized spacial score (nSPS) is 10.2. The summed E-state index contributed by atoms with van der Waals surface area (Å²) >= 11 is 0. The van der Waals surface area contributed by atoms with Crippen LogP contribution in [-0.4, -0.2) is 22.3 Å². The van der Waals surface area contributed by atoms with Crippen molar-refractivity contribution < 1.29 is 46.0 Å². The first-order valence-corrected chi connectivity index (χ1v) is 1.55. The summed E-state index contributed by atoms with van der Waals surface area (Å²) in [6.45, 7) is 1.20. The van der Waals surface area contributed by atoms with E-state index in [0.29, 0.717) is 0 Å². The SMILES string of the molecule is CC(O)C(=O)O.Cl.[H-].[Na+]. The van der Waals surface area contributed by atoms with Crippen LogP contribution in [0.25, 0.3) is 0 Å². The molecule has 3 nitrogen and oxygen atoms in total. The molecule has 0 aromatic rings. The topological polar surface area (TPSA) is 57.5 Å². The van der Waals surface area contributed by atoms with Gasteiger partial charge in [0.05, 0.1) is 0 Å². The molecule has 0 spiro atoms. The van der Waals surface area contributed by atoms with Crippen molar-refractivity contribution in [3.8, 4) is 0 Å². The fraction of sp³-hybridized carbons (Fsp3) is 0.667. The second-order valence-electron chi connectivity index (χ2n) is 1.01. The van der Waals surface area contributed by atoms with Crippen molar-refractivity contribution >= 4 is 18.4 Å². The van der Waals surface area contributed by atoms with E-state index in [1.807, 2.05) is 0 Å². The van der Waals surface area contributed by atoms with E-state index in [0.717, 1.165) is 0 Å². The Morgan fingerprint density at radius 2 is 1.88 bits per heavy atom. The van der Waals surface area contributed by atoms with Crippen molar-refractivity contribution in [1.82, 2.24) is 0 Å². The first kappa shape index (κ1) is 15.9. The number of aliphatic carboxylic acids is 1. The third kappa shape index (κ3) is 9.87. The van der Waals surface area contributed by atoms with Crippen LogP contribution in [0.2, 0.25) is 0 Å². The van der Waals surface area contributed by atoms with E-state index in [1.165, 1.54) is 6.92 Å². The molecular weight excluding hydrogens is 142 g/mol. The molecule has 0 saturated heterocycles. The maximum atomic E-state index is 9.45. The Labute approximate surface area is 77.3 Å². The molecule has 0 aromatic heterocycles. The minimum absolute atomic E-state index is 0. The van der Waals surface area contributed by atoms with Crippen LogP contribution >= 0.6 is 12.4 Å². The fourth-order valence-electron chi connectivity index (χ4n) is 0. The van der Waals surface area contributed by atoms with E-state index < -0.39 is 12.1 Å². The monoisotopic (exact) mass is 150 g/mol. The van der Waals surface area contributed by atoms with Crippen LogP contribution in [0.15, 0.2) is 0 Å². The zero-order valence-corrected chi connectivity index (χ0v) is 7.60. The Balaban J connectivity index is -0.0000000417. The van der Waals surface area contributed by atoms with Crippen molar-refractivity contribution in [3.05, 3.63) is 0 Å². The van der Waals surface area contributed by atoms with Gasteiger partial charge in [0.15, 0.2) is 0 Å². The molecular formula is C3H8ClNaO3. The van der Waals surface area contributed by atoms with E-state index in [9.17, 15) is 4.79 Å². The van der Waals surface area contributed by atoms with Gasteiger partial charge in [-0.2, -0.15) is 0 Å². The minimum atomic E-state index is -1.23. The van der Waals surface area contributed by atoms with Gasteiger partial charge in [-0.3, -0.25) is 0 Å². The third-order valence-corrected chi connectivity index (χ3v) is 0.357. The molecule has 1 unspecified atom stereocenters. The zero-order valence-electron chi connectivity index (χ0n) is 5.79. The molecule has 0 amide bonds. The number of aliphatic hydroxyl groups is 1. The van der Waals surface area contributed by atoms with Crippen LogP contribution in [0, 0.1) is 0 Å². The number of halogens is 1. The largest absolute Gasteiger partial charge is 1.00 e. The number of carboxylic acid groups (broad SMARTS) is 1. The van der Waals surface area contributed by atoms with E-state index in [4.69, 9.17) is 10.2 Å². The van der Waals surface area contributed by atoms with Gasteiger partial charge in [0, 0.05) is 0 Å². The van der Waals surface area contributed by atoms with Crippen LogP contribution in [0.3, 0.4) is 0 Å². The summed E-state index contributed by atoms with van der Waals surface area (Å²) in [5, 5.41) is 15.8. The van der Waals surface area contributed by atoms with Gasteiger partial charge in [0.1, 0.15) is 6.10 Å². The Bertz CT molecular complexity index is 70.1. The molecule has 0 radical (unpaired) electrons. The molecule has 0 aliphatic heterocycles. The molecule has 0 bridgehead atoms. The van der Waals surface area contributed by atoms with Gasteiger partial charge in [-0.25, -0.2) is 4.79 Å². The quantitative estimate of drug-likeness (QED) is 0.392. The Morgan fingerprint density at radius 1 is 1.75 bits per heavy atom. The average molecular weight is 151 g/mol. The van der Waals surface area contributed by atoms with Gasteiger partial charge >= 0.3 is 35.5 Å². The van der Waals surface area contributed by atoms with Crippen LogP contribution < -0.4 is 29.6 Å². The molecule has 46 valence electrons. The minimum Gasteiger partial charge on any atom is -1.00 e. The van der Waals surface area contributed by atoms with Gasteiger partial charge in [-0.05, 0) is 6.92 Å². The molecule has 0 saturated carbocycles. The van der Waals surface area contributed by atoms with Gasteiger partial charge in [0.2, 0.25) is 0 Å². The zero-order chi connectivity index (χ0) is 5.15. The number of carbonyl (C=O) groups is 1. The summed E-state index contributed by atoms with van der Waals surface area (Å²) in [4.78, 5) is 9.45. The molecule has 1 atom stereocenters. The molecule has 0 aliphatic carbocycles. The van der Waals surface area contributed by atoms with Crippen molar-refractivity contribution in [1.29, 1.82) is 0 Å². The smallest absolute Gasteiger partial charge is 1.00 e. The van der Waals surface area contributed by atoms with Crippen LogP contribution in [-0.2, 0) is 4.79 Å². The molecule has 0 rings (SSSR count). The number of aliphatic hydroxyl groups excluding tert-OH is 1. The Kier molecular flexibility index (Phi) is 15.3. The van der Waals surface area contributed by atoms with E-state index in [2.05, 4.69) is 0 Å². The first-order valence-electron chi connectivity index (χ1n) is 1.55. The van der Waals surface area contributed by atoms with Crippen molar-refractivity contribution in [2.75, 3.05) is 0 Å². The van der Waals surface area contributed by atoms with E-state index in [-0.39, 0.29) is 43.4 Å². The number of hydrogen-bond donors (Lipinski definition) is 2. The van der Waals surface area contributed by atoms with E-state index >= 15 is 0 Å². The summed E-state index contributed by atoms with van der Waals surface area (Å²) in [7, 11) is 0. The predicted molar refractivity (Wildman–Crippen MR) is 27.7 cm³/mol. The summed E-state index contributed by atoms with van der Waals surface area (Å²) in [5.41, 5.74) is 0. The third-order valence-electron chi connectivity index (χ3n) is 0.357. The first-order chi connectivity index (χ1) is 2.64. The van der Waals surface area contributed by atoms with Crippen LogP contribution in [0.4, 0.5) is 0 Å². The maximum absolute atomic E-state index is 9.45. The number of hydrogen-bond acceptors (Lipinski definition) is 2. The molecule has 8 heavy (non-hydrogen) atoms. The number of rotatable bonds is 1. The average Bonchev–Trinajstić information content (AvgIpc) is 1.36. The maximum Gasteiger partial charge on any atom is 1.00 e. The Hall–Kier alpha value is 0.720. The van der Waals surface area contributed by atoms with Crippen molar-refractivity contribution in [2.24, 2.45) is 0 Å². The summed E-state index contributed by atoms with van der Waals surface area (Å²) in [6, 6.07) is 0. The van der Waals surface area contributed by atoms with E-state index in [1.54, 1.807) is 0 Å². The molecule has 0 aliphatic rings. The molecule has 0 heterocycles. The van der Waals surface area contributed by atoms with Crippen LogP contribution in [0.5, 0.6) is 0 Å². The van der Waals surface area contributed by atoms with Crippen molar-refractivity contribution in [2.45, 2.75) is 13.0 Å². The molecule has 5 heteroatoms. The van der Waals surface area contributed by atoms with Gasteiger partial charge in [-0.15, -0.1) is 12.4 Å². The van der Waals surface area contributed by atoms with Gasteiger partial charge in [0.25, 0.3) is 0 Å². The second-order valence-corrected chi connectivity index (χ2v) is 1.01. The summed E-state index contributed by atoms with van der Waals surface area (Å²) in [5.74, 6) is -1.19. The molecule has 0 aromatic carbocycles. The van der Waals surface area contributed by atoms with Gasteiger partial charge in [-0.1, -0.05) is 0 Å². The van der Waals surface area contributed by atoms with Crippen molar-refractivity contribution in [3.63, 3.8) is 0 Å². The molecule has 0 fully saturated rings. The van der Waals surface area contributed by atoms with Crippen LogP contribution in [0.1, 0.15) is 8.35 Å². The predicted octanol–water partition coefficient (Wildman–Crippen LogP) is -3.01. The summed E-state index contributed by atoms with van der Waals surface area (Å²) in [6.07, 6.45) is -1.23. The summed E-state index contributed by atoms with van der Waals surface area (Å²) < 4.78 is 0. The molecule has 2 N–H and O–H groups in total.